The van der Waals surface area contributed by atoms with Gasteiger partial charge in [-0.25, -0.2) is 0 Å². The molecule has 0 aromatic carbocycles. The van der Waals surface area contributed by atoms with Crippen LogP contribution < -0.4 is 6.15 Å². The Balaban J connectivity index is 0. The quantitative estimate of drug-likeness (QED) is 0.464. The molecule has 0 heterocycles. The number of carboxylic acids is 1. The van der Waals surface area contributed by atoms with Crippen LogP contribution in [0, 0.1) is 0 Å². The Morgan fingerprint density at radius 1 is 0.944 bits per heavy atom. The summed E-state index contributed by atoms with van der Waals surface area (Å²) < 4.78 is 0. The van der Waals surface area contributed by atoms with Crippen molar-refractivity contribution in [1.82, 2.24) is 6.15 Å². The Morgan fingerprint density at radius 3 is 1.83 bits per heavy atom. The van der Waals surface area contributed by atoms with Gasteiger partial charge in [0.2, 0.25) is 0 Å². The molecule has 4 heteroatoms. The highest BCUT2D eigenvalue weighted by Crippen LogP contribution is 2.12. The number of aliphatic carboxylic acids is 1. The van der Waals surface area contributed by atoms with Gasteiger partial charge in [-0.3, -0.25) is 4.79 Å². The van der Waals surface area contributed by atoms with Gasteiger partial charge in [0.25, 0.3) is 0 Å². The Morgan fingerprint density at radius 2 is 1.39 bits per heavy atom. The third-order valence-electron chi connectivity index (χ3n) is 3.05. The molecular weight excluding hydrogens is 230 g/mol. The molecule has 0 aromatic rings. The van der Waals surface area contributed by atoms with E-state index in [4.69, 9.17) is 5.11 Å². The maximum absolute atomic E-state index is 10.3. The predicted molar refractivity (Wildman–Crippen MR) is 75.1 cm³/mol. The van der Waals surface area contributed by atoms with Gasteiger partial charge < -0.3 is 16.4 Å². The summed E-state index contributed by atoms with van der Waals surface area (Å²) in [5.74, 6) is -0.909. The topological polar surface area (TPSA) is 92.5 Å². The van der Waals surface area contributed by atoms with Gasteiger partial charge in [-0.05, 0) is 6.42 Å². The van der Waals surface area contributed by atoms with Crippen molar-refractivity contribution in [2.75, 3.05) is 0 Å². The Hall–Kier alpha value is -0.610. The molecule has 5 N–H and O–H groups in total. The molecule has 0 aromatic heterocycles. The lowest BCUT2D eigenvalue weighted by Gasteiger charge is -2.07. The van der Waals surface area contributed by atoms with E-state index in [1.807, 2.05) is 0 Å². The number of unbranched alkanes of at least 4 members (excludes halogenated alkanes) is 8. The summed E-state index contributed by atoms with van der Waals surface area (Å²) >= 11 is 0. The maximum Gasteiger partial charge on any atom is 0.305 e. The van der Waals surface area contributed by atoms with Crippen LogP contribution in [0.4, 0.5) is 0 Å². The highest BCUT2D eigenvalue weighted by atomic mass is 16.4. The molecule has 1 unspecified atom stereocenters. The lowest BCUT2D eigenvalue weighted by atomic mass is 10.0. The Labute approximate surface area is 111 Å². The third-order valence-corrected chi connectivity index (χ3v) is 3.05. The Bertz CT molecular complexity index is 186. The number of carboxylic acid groups (broad SMARTS) is 1. The van der Waals surface area contributed by atoms with Crippen LogP contribution >= 0.6 is 0 Å². The van der Waals surface area contributed by atoms with E-state index in [0.29, 0.717) is 6.42 Å². The second-order valence-electron chi connectivity index (χ2n) is 4.87. The minimum Gasteiger partial charge on any atom is -0.481 e. The van der Waals surface area contributed by atoms with Crippen molar-refractivity contribution in [3.8, 4) is 0 Å². The zero-order chi connectivity index (χ0) is 12.9. The van der Waals surface area contributed by atoms with E-state index < -0.39 is 12.1 Å². The van der Waals surface area contributed by atoms with E-state index in [1.165, 1.54) is 44.9 Å². The Kier molecular flexibility index (Phi) is 15.8. The molecule has 0 radical (unpaired) electrons. The van der Waals surface area contributed by atoms with E-state index >= 15 is 0 Å². The van der Waals surface area contributed by atoms with Crippen LogP contribution in [0.15, 0.2) is 0 Å². The van der Waals surface area contributed by atoms with Crippen molar-refractivity contribution in [1.29, 1.82) is 0 Å². The van der Waals surface area contributed by atoms with Gasteiger partial charge in [-0.1, -0.05) is 64.7 Å². The molecule has 0 rings (SSSR count). The number of hydrogen-bond acceptors (Lipinski definition) is 3. The molecule has 0 bridgehead atoms. The summed E-state index contributed by atoms with van der Waals surface area (Å²) in [5, 5.41) is 17.8. The molecular formula is C14H31NO3. The van der Waals surface area contributed by atoms with Crippen LogP contribution in [0.3, 0.4) is 0 Å². The molecule has 1 atom stereocenters. The normalized spacial score (nSPS) is 11.9. The zero-order valence-corrected chi connectivity index (χ0v) is 11.9. The predicted octanol–water partition coefficient (Wildman–Crippen LogP) is 3.90. The van der Waals surface area contributed by atoms with E-state index in [1.54, 1.807) is 0 Å². The lowest BCUT2D eigenvalue weighted by Crippen LogP contribution is -2.12. The standard InChI is InChI=1S/C14H28O3.H3N/c1-2-3-4-5-6-7-8-9-10-11-13(15)12-14(16)17;/h13,15H,2-12H2,1H3,(H,16,17);1H3. The molecule has 0 fully saturated rings. The molecule has 0 saturated carbocycles. The van der Waals surface area contributed by atoms with Crippen molar-refractivity contribution in [2.24, 2.45) is 0 Å². The third kappa shape index (κ3) is 15.4. The molecule has 0 aliphatic rings. The van der Waals surface area contributed by atoms with Gasteiger partial charge in [0.1, 0.15) is 0 Å². The fourth-order valence-electron chi connectivity index (χ4n) is 1.99. The molecule has 0 aliphatic heterocycles. The van der Waals surface area contributed by atoms with Gasteiger partial charge in [-0.2, -0.15) is 0 Å². The smallest absolute Gasteiger partial charge is 0.305 e. The van der Waals surface area contributed by atoms with E-state index in [0.717, 1.165) is 12.8 Å². The van der Waals surface area contributed by atoms with Crippen molar-refractivity contribution in [3.05, 3.63) is 0 Å². The molecule has 18 heavy (non-hydrogen) atoms. The molecule has 0 spiro atoms. The van der Waals surface area contributed by atoms with Crippen LogP contribution in [0.25, 0.3) is 0 Å². The van der Waals surface area contributed by atoms with Crippen LogP contribution in [-0.4, -0.2) is 22.3 Å². The van der Waals surface area contributed by atoms with E-state index in [2.05, 4.69) is 6.92 Å². The van der Waals surface area contributed by atoms with E-state index in [9.17, 15) is 9.90 Å². The SMILES string of the molecule is CCCCCCCCCCCC(O)CC(=O)O.N. The molecule has 4 nitrogen and oxygen atoms in total. The number of aliphatic hydroxyl groups is 1. The number of aliphatic hydroxyl groups excluding tert-OH is 1. The fourth-order valence-corrected chi connectivity index (χ4v) is 1.99. The van der Waals surface area contributed by atoms with Crippen molar-refractivity contribution in [3.63, 3.8) is 0 Å². The molecule has 0 amide bonds. The largest absolute Gasteiger partial charge is 0.481 e. The van der Waals surface area contributed by atoms with Crippen molar-refractivity contribution >= 4 is 5.97 Å². The van der Waals surface area contributed by atoms with Gasteiger partial charge >= 0.3 is 5.97 Å². The van der Waals surface area contributed by atoms with Crippen LogP contribution in [0.2, 0.25) is 0 Å². The van der Waals surface area contributed by atoms with Gasteiger partial charge in [-0.15, -0.1) is 0 Å². The highest BCUT2D eigenvalue weighted by Gasteiger charge is 2.08. The number of carbonyl (C=O) groups is 1. The minimum atomic E-state index is -0.909. The van der Waals surface area contributed by atoms with Gasteiger partial charge in [0.15, 0.2) is 0 Å². The van der Waals surface area contributed by atoms with Gasteiger partial charge in [0.05, 0.1) is 12.5 Å². The lowest BCUT2D eigenvalue weighted by molar-refractivity contribution is -0.139. The summed E-state index contributed by atoms with van der Waals surface area (Å²) in [7, 11) is 0. The summed E-state index contributed by atoms with van der Waals surface area (Å²) in [4.78, 5) is 10.3. The number of rotatable bonds is 12. The maximum atomic E-state index is 10.3. The zero-order valence-electron chi connectivity index (χ0n) is 11.9. The van der Waals surface area contributed by atoms with Crippen LogP contribution in [0.5, 0.6) is 0 Å². The summed E-state index contributed by atoms with van der Waals surface area (Å²) in [6.07, 6.45) is 11.1. The van der Waals surface area contributed by atoms with Crippen LogP contribution in [-0.2, 0) is 4.79 Å². The summed E-state index contributed by atoms with van der Waals surface area (Å²) in [6, 6.07) is 0. The van der Waals surface area contributed by atoms with Gasteiger partial charge in [0, 0.05) is 0 Å². The molecule has 0 saturated heterocycles. The number of hydrogen-bond donors (Lipinski definition) is 3. The van der Waals surface area contributed by atoms with E-state index in [-0.39, 0.29) is 12.6 Å². The second kappa shape index (κ2) is 14.5. The second-order valence-corrected chi connectivity index (χ2v) is 4.87. The highest BCUT2D eigenvalue weighted by molar-refractivity contribution is 5.67. The molecule has 110 valence electrons. The van der Waals surface area contributed by atoms with Crippen LogP contribution in [0.1, 0.15) is 77.6 Å². The summed E-state index contributed by atoms with van der Waals surface area (Å²) in [6.45, 7) is 2.22. The monoisotopic (exact) mass is 261 g/mol. The average Bonchev–Trinajstić information content (AvgIpc) is 2.26. The average molecular weight is 261 g/mol. The fraction of sp³-hybridized carbons (Fsp3) is 0.929. The first-order valence-electron chi connectivity index (χ1n) is 7.06. The first-order chi connectivity index (χ1) is 8.16. The first kappa shape index (κ1) is 19.7. The van der Waals surface area contributed by atoms with Crippen molar-refractivity contribution in [2.45, 2.75) is 83.7 Å². The van der Waals surface area contributed by atoms with Crippen molar-refractivity contribution < 1.29 is 15.0 Å². The summed E-state index contributed by atoms with van der Waals surface area (Å²) in [5.41, 5.74) is 0. The molecule has 0 aliphatic carbocycles. The first-order valence-corrected chi connectivity index (χ1v) is 7.06. The minimum absolute atomic E-state index is 0.